The van der Waals surface area contributed by atoms with Crippen molar-refractivity contribution in [1.29, 1.82) is 5.26 Å². The Hall–Kier alpha value is -1.77. The third-order valence-corrected chi connectivity index (χ3v) is 3.96. The van der Waals surface area contributed by atoms with Gasteiger partial charge in [0.05, 0.1) is 6.07 Å². The third kappa shape index (κ3) is 2.01. The average Bonchev–Trinajstić information content (AvgIpc) is 2.78. The van der Waals surface area contributed by atoms with Gasteiger partial charge in [0.25, 0.3) is 0 Å². The van der Waals surface area contributed by atoms with Gasteiger partial charge in [-0.15, -0.1) is 0 Å². The minimum atomic E-state index is -0.0811. The van der Waals surface area contributed by atoms with Crippen LogP contribution in [-0.2, 0) is 0 Å². The van der Waals surface area contributed by atoms with E-state index in [1.807, 2.05) is 35.5 Å². The van der Waals surface area contributed by atoms with E-state index in [1.54, 1.807) is 18.2 Å². The van der Waals surface area contributed by atoms with Gasteiger partial charge in [-0.3, -0.25) is 10.0 Å². The average molecular weight is 256 g/mol. The second-order valence-electron chi connectivity index (χ2n) is 4.11. The van der Waals surface area contributed by atoms with E-state index in [-0.39, 0.29) is 12.1 Å². The van der Waals surface area contributed by atoms with E-state index in [0.717, 1.165) is 4.90 Å². The minimum Gasteiger partial charge on any atom is -0.277 e. The number of aliphatic imine (C=N–C) groups is 1. The first-order valence-corrected chi connectivity index (χ1v) is 6.54. The van der Waals surface area contributed by atoms with Gasteiger partial charge in [0.1, 0.15) is 5.92 Å². The normalized spacial score (nSPS) is 26.1. The molecule has 0 radical (unpaired) electrons. The molecule has 18 heavy (non-hydrogen) atoms. The molecule has 0 aliphatic carbocycles. The summed E-state index contributed by atoms with van der Waals surface area (Å²) < 4.78 is 2.10. The van der Waals surface area contributed by atoms with Crippen LogP contribution >= 0.6 is 11.9 Å². The van der Waals surface area contributed by atoms with Crippen LogP contribution in [0, 0.1) is 17.2 Å². The lowest BCUT2D eigenvalue weighted by Crippen LogP contribution is -2.33. The molecule has 4 nitrogen and oxygen atoms in total. The lowest BCUT2D eigenvalue weighted by atomic mass is 10.1. The summed E-state index contributed by atoms with van der Waals surface area (Å²) in [4.78, 5) is 5.54. The number of benzene rings is 1. The molecule has 0 bridgehead atoms. The lowest BCUT2D eigenvalue weighted by molar-refractivity contribution is 0.160. The van der Waals surface area contributed by atoms with Gasteiger partial charge in [-0.2, -0.15) is 9.68 Å². The standard InChI is InChI=1S/C13H12N4S/c14-9-11-10-17(16-8-4-7-15-13(11)16)18-12-5-2-1-3-6-12/h1-8,11,13H,10H2. The van der Waals surface area contributed by atoms with Crippen LogP contribution in [0.2, 0.25) is 0 Å². The van der Waals surface area contributed by atoms with E-state index in [9.17, 15) is 5.26 Å². The molecule has 2 aliphatic heterocycles. The Balaban J connectivity index is 1.80. The molecule has 2 heterocycles. The van der Waals surface area contributed by atoms with Crippen molar-refractivity contribution in [3.05, 3.63) is 42.6 Å². The maximum absolute atomic E-state index is 9.18. The number of allylic oxidation sites excluding steroid dienone is 1. The summed E-state index contributed by atoms with van der Waals surface area (Å²) in [6.45, 7) is 0.697. The van der Waals surface area contributed by atoms with Gasteiger partial charge in [0, 0.05) is 23.9 Å². The van der Waals surface area contributed by atoms with Gasteiger partial charge < -0.3 is 0 Å². The summed E-state index contributed by atoms with van der Waals surface area (Å²) in [7, 11) is 0. The van der Waals surface area contributed by atoms with E-state index < -0.39 is 0 Å². The zero-order valence-corrected chi connectivity index (χ0v) is 10.5. The molecule has 2 atom stereocenters. The number of hydrogen-bond acceptors (Lipinski definition) is 5. The summed E-state index contributed by atoms with van der Waals surface area (Å²) >= 11 is 1.64. The van der Waals surface area contributed by atoms with Crippen LogP contribution in [-0.4, -0.2) is 28.3 Å². The summed E-state index contributed by atoms with van der Waals surface area (Å²) in [5.41, 5.74) is 0. The molecule has 5 heteroatoms. The molecule has 0 aromatic heterocycles. The van der Waals surface area contributed by atoms with Crippen LogP contribution in [0.15, 0.2) is 52.5 Å². The molecule has 2 unspecified atom stereocenters. The van der Waals surface area contributed by atoms with Crippen LogP contribution in [0.1, 0.15) is 0 Å². The van der Waals surface area contributed by atoms with Gasteiger partial charge in [0.2, 0.25) is 0 Å². The van der Waals surface area contributed by atoms with Crippen molar-refractivity contribution in [2.75, 3.05) is 6.54 Å². The van der Waals surface area contributed by atoms with Crippen LogP contribution in [0.3, 0.4) is 0 Å². The largest absolute Gasteiger partial charge is 0.277 e. The smallest absolute Gasteiger partial charge is 0.152 e. The molecule has 1 aromatic carbocycles. The SMILES string of the molecule is N#CC1CN(Sc2ccccc2)N2C=CC=NC12. The molecule has 90 valence electrons. The molecular formula is C13H12N4S. The Kier molecular flexibility index (Phi) is 3.05. The Morgan fingerprint density at radius 2 is 2.17 bits per heavy atom. The molecule has 0 spiro atoms. The Morgan fingerprint density at radius 1 is 1.33 bits per heavy atom. The van der Waals surface area contributed by atoms with Crippen molar-refractivity contribution in [2.24, 2.45) is 10.9 Å². The fourth-order valence-electron chi connectivity index (χ4n) is 2.07. The molecule has 2 aliphatic rings. The van der Waals surface area contributed by atoms with E-state index in [1.165, 1.54) is 0 Å². The van der Waals surface area contributed by atoms with Crippen LogP contribution in [0.5, 0.6) is 0 Å². The first kappa shape index (κ1) is 11.3. The van der Waals surface area contributed by atoms with Crippen LogP contribution in [0.4, 0.5) is 0 Å². The fourth-order valence-corrected chi connectivity index (χ4v) is 3.07. The van der Waals surface area contributed by atoms with Gasteiger partial charge in [-0.05, 0) is 30.2 Å². The maximum atomic E-state index is 9.18. The lowest BCUT2D eigenvalue weighted by Gasteiger charge is -2.29. The van der Waals surface area contributed by atoms with Crippen LogP contribution in [0.25, 0.3) is 0 Å². The predicted octanol–water partition coefficient (Wildman–Crippen LogP) is 2.29. The van der Waals surface area contributed by atoms with Crippen molar-refractivity contribution >= 4 is 18.2 Å². The quantitative estimate of drug-likeness (QED) is 0.761. The van der Waals surface area contributed by atoms with Gasteiger partial charge in [-0.1, -0.05) is 18.2 Å². The highest BCUT2D eigenvalue weighted by molar-refractivity contribution is 7.97. The highest BCUT2D eigenvalue weighted by Gasteiger charge is 2.39. The third-order valence-electron chi connectivity index (χ3n) is 2.92. The maximum Gasteiger partial charge on any atom is 0.152 e. The summed E-state index contributed by atoms with van der Waals surface area (Å²) in [5, 5.41) is 11.2. The predicted molar refractivity (Wildman–Crippen MR) is 71.4 cm³/mol. The molecule has 1 saturated heterocycles. The van der Waals surface area contributed by atoms with Crippen molar-refractivity contribution in [2.45, 2.75) is 11.1 Å². The Labute approximate surface area is 110 Å². The van der Waals surface area contributed by atoms with E-state index >= 15 is 0 Å². The summed E-state index contributed by atoms with van der Waals surface area (Å²) in [5.74, 6) is -0.0811. The molecule has 0 saturated carbocycles. The van der Waals surface area contributed by atoms with Crippen LogP contribution < -0.4 is 0 Å². The molecule has 1 fully saturated rings. The highest BCUT2D eigenvalue weighted by Crippen LogP contribution is 2.35. The zero-order valence-electron chi connectivity index (χ0n) is 9.68. The second-order valence-corrected chi connectivity index (χ2v) is 5.18. The number of fused-ring (bicyclic) bond motifs is 1. The van der Waals surface area contributed by atoms with Crippen molar-refractivity contribution in [3.8, 4) is 6.07 Å². The van der Waals surface area contributed by atoms with E-state index in [2.05, 4.69) is 27.6 Å². The number of rotatable bonds is 2. The van der Waals surface area contributed by atoms with Gasteiger partial charge in [0.15, 0.2) is 6.17 Å². The Bertz CT molecular complexity index is 520. The van der Waals surface area contributed by atoms with E-state index in [4.69, 9.17) is 0 Å². The zero-order chi connectivity index (χ0) is 12.4. The molecule has 1 aromatic rings. The summed E-state index contributed by atoms with van der Waals surface area (Å²) in [6.07, 6.45) is 5.57. The molecular weight excluding hydrogens is 244 g/mol. The van der Waals surface area contributed by atoms with Crippen molar-refractivity contribution in [1.82, 2.24) is 9.42 Å². The number of hydrogen-bond donors (Lipinski definition) is 0. The number of nitriles is 1. The van der Waals surface area contributed by atoms with Gasteiger partial charge in [-0.25, -0.2) is 0 Å². The van der Waals surface area contributed by atoms with Crippen molar-refractivity contribution < 1.29 is 0 Å². The fraction of sp³-hybridized carbons (Fsp3) is 0.231. The Morgan fingerprint density at radius 3 is 2.94 bits per heavy atom. The van der Waals surface area contributed by atoms with Gasteiger partial charge >= 0.3 is 0 Å². The first-order chi connectivity index (χ1) is 8.88. The minimum absolute atomic E-state index is 0.0730. The van der Waals surface area contributed by atoms with Crippen molar-refractivity contribution in [3.63, 3.8) is 0 Å². The topological polar surface area (TPSA) is 42.6 Å². The van der Waals surface area contributed by atoms with E-state index in [0.29, 0.717) is 6.54 Å². The molecule has 3 rings (SSSR count). The highest BCUT2D eigenvalue weighted by atomic mass is 32.2. The summed E-state index contributed by atoms with van der Waals surface area (Å²) in [6, 6.07) is 12.5. The number of nitrogens with zero attached hydrogens (tertiary/aromatic N) is 4. The second kappa shape index (κ2) is 4.84. The monoisotopic (exact) mass is 256 g/mol. The number of hydrazine groups is 1. The molecule has 0 amide bonds. The first-order valence-electron chi connectivity index (χ1n) is 5.77. The molecule has 0 N–H and O–H groups in total.